The normalized spacial score (nSPS) is 20.6. The maximum absolute atomic E-state index is 13.7. The molecule has 220 valence electrons. The van der Waals surface area contributed by atoms with Crippen LogP contribution >= 0.6 is 0 Å². The molecule has 0 aliphatic carbocycles. The molecule has 1 N–H and O–H groups in total. The van der Waals surface area contributed by atoms with E-state index in [1.54, 1.807) is 6.20 Å². The third kappa shape index (κ3) is 7.43. The van der Waals surface area contributed by atoms with Gasteiger partial charge in [-0.2, -0.15) is 0 Å². The number of nitrogens with zero attached hydrogens (tertiary/aromatic N) is 5. The average molecular weight is 554 g/mol. The van der Waals surface area contributed by atoms with E-state index in [-0.39, 0.29) is 24.4 Å². The Kier molecular flexibility index (Phi) is 10.6. The zero-order chi connectivity index (χ0) is 28.6. The molecule has 0 bridgehead atoms. The summed E-state index contributed by atoms with van der Waals surface area (Å²) in [7, 11) is 6.11. The topological polar surface area (TPSA) is 91.1 Å². The molecule has 2 aliphatic rings. The minimum Gasteiger partial charge on any atom is -0.493 e. The fourth-order valence-corrected chi connectivity index (χ4v) is 6.26. The second-order valence-corrected chi connectivity index (χ2v) is 11.7. The maximum atomic E-state index is 13.7. The average Bonchev–Trinajstić information content (AvgIpc) is 3.64. The van der Waals surface area contributed by atoms with E-state index in [4.69, 9.17) is 4.74 Å². The lowest BCUT2D eigenvalue weighted by molar-refractivity contribution is -0.143. The van der Waals surface area contributed by atoms with Crippen LogP contribution < -0.4 is 4.74 Å². The van der Waals surface area contributed by atoms with Crippen LogP contribution in [0.3, 0.4) is 0 Å². The summed E-state index contributed by atoms with van der Waals surface area (Å²) in [6.07, 6.45) is 9.85. The van der Waals surface area contributed by atoms with Crippen molar-refractivity contribution in [1.29, 1.82) is 0 Å². The first-order valence-electron chi connectivity index (χ1n) is 14.9. The smallest absolute Gasteiger partial charge is 0.308 e. The van der Waals surface area contributed by atoms with E-state index in [0.29, 0.717) is 26.0 Å². The molecule has 1 saturated heterocycles. The van der Waals surface area contributed by atoms with Crippen LogP contribution in [-0.2, 0) is 29.5 Å². The number of hydrogen-bond acceptors (Lipinski definition) is 6. The summed E-state index contributed by atoms with van der Waals surface area (Å²) >= 11 is 0. The van der Waals surface area contributed by atoms with E-state index < -0.39 is 11.9 Å². The SMILES string of the molecule is CCCCN(CCCCN(C)C)C(=O)CN1C[C@H](c2ccc3c(c2)CCO3)C(C(=O)O)[C@@H]1CCc1nccn1C. The van der Waals surface area contributed by atoms with E-state index >= 15 is 0 Å². The number of unbranched alkanes of at least 4 members (excludes halogenated alkanes) is 2. The van der Waals surface area contributed by atoms with Crippen LogP contribution in [-0.4, -0.2) is 101 Å². The predicted octanol–water partition coefficient (Wildman–Crippen LogP) is 3.43. The van der Waals surface area contributed by atoms with Gasteiger partial charge in [0.25, 0.3) is 0 Å². The van der Waals surface area contributed by atoms with E-state index in [2.05, 4.69) is 41.9 Å². The number of aromatic nitrogens is 2. The van der Waals surface area contributed by atoms with Crippen LogP contribution in [0.5, 0.6) is 5.75 Å². The monoisotopic (exact) mass is 553 g/mol. The van der Waals surface area contributed by atoms with Crippen molar-refractivity contribution < 1.29 is 19.4 Å². The molecule has 0 spiro atoms. The Hall–Kier alpha value is -2.91. The van der Waals surface area contributed by atoms with Crippen LogP contribution in [0.15, 0.2) is 30.6 Å². The Balaban J connectivity index is 1.55. The van der Waals surface area contributed by atoms with Gasteiger partial charge in [-0.05, 0) is 63.5 Å². The molecule has 1 amide bonds. The number of aliphatic carboxylic acids is 1. The Labute approximate surface area is 239 Å². The number of carboxylic acid groups (broad SMARTS) is 1. The van der Waals surface area contributed by atoms with Gasteiger partial charge in [0.15, 0.2) is 0 Å². The highest BCUT2D eigenvalue weighted by atomic mass is 16.5. The van der Waals surface area contributed by atoms with Crippen LogP contribution in [0.4, 0.5) is 0 Å². The number of imidazole rings is 1. The molecule has 3 atom stereocenters. The molecule has 0 saturated carbocycles. The molecule has 3 heterocycles. The standard InChI is InChI=1S/C31H47N5O4/c1-5-6-16-35(17-8-7-15-33(2)3)29(37)22-36-21-25(23-9-11-27-24(20-23)13-19-40-27)30(31(38)39)26(36)10-12-28-32-14-18-34(28)4/h9,11,14,18,20,25-26,30H,5-8,10,12-13,15-17,19,21-22H2,1-4H3,(H,38,39)/t25-,26+,30?/m1/s1. The number of ether oxygens (including phenoxy) is 1. The number of likely N-dealkylation sites (tertiary alicyclic amines) is 1. The number of carbonyl (C=O) groups excluding carboxylic acids is 1. The van der Waals surface area contributed by atoms with E-state index in [1.165, 1.54) is 0 Å². The molecule has 1 fully saturated rings. The minimum atomic E-state index is -0.798. The molecule has 1 aromatic heterocycles. The quantitative estimate of drug-likeness (QED) is 0.338. The van der Waals surface area contributed by atoms with Gasteiger partial charge in [-0.15, -0.1) is 0 Å². The Morgan fingerprint density at radius 2 is 1.93 bits per heavy atom. The molecule has 4 rings (SSSR count). The van der Waals surface area contributed by atoms with Crippen molar-refractivity contribution in [3.05, 3.63) is 47.5 Å². The molecule has 2 aromatic rings. The third-order valence-electron chi connectivity index (χ3n) is 8.52. The number of hydrogen-bond donors (Lipinski definition) is 1. The summed E-state index contributed by atoms with van der Waals surface area (Å²) in [6, 6.07) is 5.87. The van der Waals surface area contributed by atoms with Gasteiger partial charge in [0.2, 0.25) is 5.91 Å². The second kappa shape index (κ2) is 14.1. The number of aryl methyl sites for hydroxylation is 2. The van der Waals surface area contributed by atoms with E-state index in [1.807, 2.05) is 34.8 Å². The van der Waals surface area contributed by atoms with Crippen molar-refractivity contribution in [2.75, 3.05) is 53.4 Å². The summed E-state index contributed by atoms with van der Waals surface area (Å²) in [6.45, 7) is 6.11. The fourth-order valence-electron chi connectivity index (χ4n) is 6.26. The molecule has 0 radical (unpaired) electrons. The van der Waals surface area contributed by atoms with Crippen molar-refractivity contribution in [2.24, 2.45) is 13.0 Å². The van der Waals surface area contributed by atoms with Gasteiger partial charge in [-0.1, -0.05) is 25.5 Å². The van der Waals surface area contributed by atoms with Gasteiger partial charge >= 0.3 is 5.97 Å². The van der Waals surface area contributed by atoms with Crippen LogP contribution in [0, 0.1) is 5.92 Å². The zero-order valence-electron chi connectivity index (χ0n) is 24.7. The van der Waals surface area contributed by atoms with E-state index in [9.17, 15) is 14.7 Å². The summed E-state index contributed by atoms with van der Waals surface area (Å²) in [4.78, 5) is 37.4. The summed E-state index contributed by atoms with van der Waals surface area (Å²) < 4.78 is 7.68. The molecule has 1 unspecified atom stereocenters. The molecule has 9 heteroatoms. The van der Waals surface area contributed by atoms with Gasteiger partial charge in [-0.3, -0.25) is 14.5 Å². The molecule has 9 nitrogen and oxygen atoms in total. The van der Waals surface area contributed by atoms with Crippen molar-refractivity contribution in [3.63, 3.8) is 0 Å². The first-order valence-corrected chi connectivity index (χ1v) is 14.9. The number of carboxylic acids is 1. The highest BCUT2D eigenvalue weighted by Gasteiger charge is 2.47. The van der Waals surface area contributed by atoms with Crippen molar-refractivity contribution in [3.8, 4) is 5.75 Å². The summed E-state index contributed by atoms with van der Waals surface area (Å²) in [5.41, 5.74) is 2.17. The number of amides is 1. The molecular weight excluding hydrogens is 506 g/mol. The van der Waals surface area contributed by atoms with Gasteiger partial charge < -0.3 is 24.2 Å². The van der Waals surface area contributed by atoms with Crippen molar-refractivity contribution in [1.82, 2.24) is 24.3 Å². The Bertz CT molecular complexity index is 1130. The highest BCUT2D eigenvalue weighted by molar-refractivity contribution is 5.79. The second-order valence-electron chi connectivity index (χ2n) is 11.7. The van der Waals surface area contributed by atoms with Gasteiger partial charge in [0.1, 0.15) is 11.6 Å². The predicted molar refractivity (Wildman–Crippen MR) is 156 cm³/mol. The lowest BCUT2D eigenvalue weighted by Crippen LogP contribution is -2.45. The van der Waals surface area contributed by atoms with Crippen LogP contribution in [0.2, 0.25) is 0 Å². The van der Waals surface area contributed by atoms with Crippen LogP contribution in [0.1, 0.15) is 61.9 Å². The number of fused-ring (bicyclic) bond motifs is 1. The first-order chi connectivity index (χ1) is 19.3. The first kappa shape index (κ1) is 30.1. The number of benzene rings is 1. The fraction of sp³-hybridized carbons (Fsp3) is 0.645. The van der Waals surface area contributed by atoms with Crippen LogP contribution in [0.25, 0.3) is 0 Å². The van der Waals surface area contributed by atoms with Gasteiger partial charge in [-0.25, -0.2) is 4.98 Å². The van der Waals surface area contributed by atoms with Crippen molar-refractivity contribution in [2.45, 2.75) is 63.8 Å². The number of carbonyl (C=O) groups is 2. The largest absolute Gasteiger partial charge is 0.493 e. The maximum Gasteiger partial charge on any atom is 0.308 e. The van der Waals surface area contributed by atoms with E-state index in [0.717, 1.165) is 74.4 Å². The molecule has 2 aliphatic heterocycles. The third-order valence-corrected chi connectivity index (χ3v) is 8.52. The molecule has 1 aromatic carbocycles. The Morgan fingerprint density at radius 3 is 2.62 bits per heavy atom. The summed E-state index contributed by atoms with van der Waals surface area (Å²) in [5.74, 6) is 0.344. The van der Waals surface area contributed by atoms with Gasteiger partial charge in [0, 0.05) is 63.9 Å². The number of rotatable bonds is 15. The molecular formula is C31H47N5O4. The van der Waals surface area contributed by atoms with Crippen molar-refractivity contribution >= 4 is 11.9 Å². The Morgan fingerprint density at radius 1 is 1.15 bits per heavy atom. The van der Waals surface area contributed by atoms with Gasteiger partial charge in [0.05, 0.1) is 19.1 Å². The summed E-state index contributed by atoms with van der Waals surface area (Å²) in [5, 5.41) is 10.5. The lowest BCUT2D eigenvalue weighted by atomic mass is 9.83. The zero-order valence-corrected chi connectivity index (χ0v) is 24.7. The minimum absolute atomic E-state index is 0.104. The highest BCUT2D eigenvalue weighted by Crippen LogP contribution is 2.41. The lowest BCUT2D eigenvalue weighted by Gasteiger charge is -2.30. The molecule has 40 heavy (non-hydrogen) atoms.